The Morgan fingerprint density at radius 1 is 0.773 bits per heavy atom. The maximum Gasteiger partial charge on any atom is 0.135 e. The van der Waals surface area contributed by atoms with Gasteiger partial charge in [-0.3, -0.25) is 0 Å². The highest BCUT2D eigenvalue weighted by Crippen LogP contribution is 2.20. The van der Waals surface area contributed by atoms with Gasteiger partial charge in [-0.25, -0.2) is 9.97 Å². The summed E-state index contributed by atoms with van der Waals surface area (Å²) in [5.74, 6) is 1.49. The second-order valence-corrected chi connectivity index (χ2v) is 5.83. The van der Waals surface area contributed by atoms with E-state index in [1.807, 2.05) is 42.5 Å². The first-order valence-corrected chi connectivity index (χ1v) is 7.67. The van der Waals surface area contributed by atoms with Gasteiger partial charge in [0.1, 0.15) is 18.0 Å². The molecule has 0 saturated carbocycles. The minimum Gasteiger partial charge on any atom is -0.340 e. The monoisotopic (exact) mass is 354 g/mol. The number of rotatable bonds is 4. The third kappa shape index (κ3) is 3.83. The van der Waals surface area contributed by atoms with Crippen molar-refractivity contribution in [3.8, 4) is 0 Å². The molecule has 3 rings (SSSR count). The summed E-state index contributed by atoms with van der Waals surface area (Å²) in [6.07, 6.45) is 1.54. The van der Waals surface area contributed by atoms with Gasteiger partial charge in [0.15, 0.2) is 0 Å². The number of aromatic nitrogens is 2. The van der Waals surface area contributed by atoms with E-state index in [0.717, 1.165) is 27.5 Å². The van der Waals surface area contributed by atoms with E-state index in [9.17, 15) is 0 Å². The van der Waals surface area contributed by atoms with Crippen LogP contribution in [0.15, 0.2) is 65.4 Å². The molecule has 4 nitrogen and oxygen atoms in total. The van der Waals surface area contributed by atoms with Crippen LogP contribution in [-0.4, -0.2) is 9.97 Å². The van der Waals surface area contributed by atoms with E-state index in [1.165, 1.54) is 11.9 Å². The van der Waals surface area contributed by atoms with Crippen LogP contribution in [0.4, 0.5) is 23.0 Å². The number of nitrogens with zero attached hydrogens (tertiary/aromatic N) is 2. The Bertz CT molecular complexity index is 692. The van der Waals surface area contributed by atoms with Gasteiger partial charge in [-0.05, 0) is 43.3 Å². The van der Waals surface area contributed by atoms with Crippen LogP contribution in [0.3, 0.4) is 0 Å². The number of hydrogen-bond donors (Lipinski definition) is 2. The summed E-state index contributed by atoms with van der Waals surface area (Å²) in [7, 11) is 0. The van der Waals surface area contributed by atoms with E-state index in [0.29, 0.717) is 0 Å². The summed E-state index contributed by atoms with van der Waals surface area (Å²) < 4.78 is 1.04. The van der Waals surface area contributed by atoms with E-state index in [-0.39, 0.29) is 0 Å². The van der Waals surface area contributed by atoms with E-state index in [2.05, 4.69) is 55.6 Å². The van der Waals surface area contributed by atoms with Crippen molar-refractivity contribution in [2.75, 3.05) is 10.6 Å². The lowest BCUT2D eigenvalue weighted by Crippen LogP contribution is -1.98. The molecule has 0 bridgehead atoms. The molecule has 2 aromatic carbocycles. The van der Waals surface area contributed by atoms with Gasteiger partial charge in [0.05, 0.1) is 0 Å². The van der Waals surface area contributed by atoms with Gasteiger partial charge in [-0.2, -0.15) is 0 Å². The van der Waals surface area contributed by atoms with Crippen LogP contribution in [0.25, 0.3) is 0 Å². The normalized spacial score (nSPS) is 10.3. The molecule has 110 valence electrons. The van der Waals surface area contributed by atoms with Crippen LogP contribution in [0.5, 0.6) is 0 Å². The molecular formula is C17H15BrN4. The van der Waals surface area contributed by atoms with Crippen molar-refractivity contribution in [2.24, 2.45) is 0 Å². The van der Waals surface area contributed by atoms with Crippen LogP contribution in [0, 0.1) is 6.92 Å². The number of halogens is 1. The molecule has 0 aliphatic rings. The van der Waals surface area contributed by atoms with Gasteiger partial charge < -0.3 is 10.6 Å². The molecular weight excluding hydrogens is 340 g/mol. The number of benzene rings is 2. The molecule has 0 fully saturated rings. The molecule has 0 aliphatic carbocycles. The zero-order valence-electron chi connectivity index (χ0n) is 12.0. The molecule has 1 aromatic heterocycles. The molecule has 0 radical (unpaired) electrons. The predicted molar refractivity (Wildman–Crippen MR) is 93.9 cm³/mol. The van der Waals surface area contributed by atoms with E-state index >= 15 is 0 Å². The second kappa shape index (κ2) is 6.58. The van der Waals surface area contributed by atoms with Gasteiger partial charge in [0, 0.05) is 21.9 Å². The molecule has 0 spiro atoms. The minimum atomic E-state index is 0.743. The zero-order chi connectivity index (χ0) is 15.4. The number of aryl methyl sites for hydroxylation is 1. The quantitative estimate of drug-likeness (QED) is 0.689. The lowest BCUT2D eigenvalue weighted by atomic mass is 10.2. The smallest absolute Gasteiger partial charge is 0.135 e. The molecule has 22 heavy (non-hydrogen) atoms. The molecule has 0 amide bonds. The van der Waals surface area contributed by atoms with Crippen molar-refractivity contribution in [2.45, 2.75) is 6.92 Å². The zero-order valence-corrected chi connectivity index (χ0v) is 13.6. The highest BCUT2D eigenvalue weighted by Gasteiger charge is 2.01. The largest absolute Gasteiger partial charge is 0.340 e. The summed E-state index contributed by atoms with van der Waals surface area (Å²) in [5, 5.41) is 6.52. The lowest BCUT2D eigenvalue weighted by molar-refractivity contribution is 1.17. The van der Waals surface area contributed by atoms with Gasteiger partial charge in [-0.15, -0.1) is 0 Å². The topological polar surface area (TPSA) is 49.8 Å². The Morgan fingerprint density at radius 3 is 1.82 bits per heavy atom. The number of nitrogens with one attached hydrogen (secondary N) is 2. The summed E-state index contributed by atoms with van der Waals surface area (Å²) in [6.45, 7) is 2.06. The Labute approximate surface area is 137 Å². The van der Waals surface area contributed by atoms with Gasteiger partial charge in [-0.1, -0.05) is 33.6 Å². The van der Waals surface area contributed by atoms with Crippen LogP contribution in [-0.2, 0) is 0 Å². The van der Waals surface area contributed by atoms with E-state index in [1.54, 1.807) is 0 Å². The average molecular weight is 355 g/mol. The number of hydrogen-bond acceptors (Lipinski definition) is 4. The van der Waals surface area contributed by atoms with Crippen molar-refractivity contribution >= 4 is 38.9 Å². The Morgan fingerprint density at radius 2 is 1.27 bits per heavy atom. The van der Waals surface area contributed by atoms with E-state index in [4.69, 9.17) is 0 Å². The lowest BCUT2D eigenvalue weighted by Gasteiger charge is -2.09. The molecule has 5 heteroatoms. The first-order valence-electron chi connectivity index (χ1n) is 6.87. The van der Waals surface area contributed by atoms with Gasteiger partial charge >= 0.3 is 0 Å². The third-order valence-electron chi connectivity index (χ3n) is 3.11. The molecule has 3 aromatic rings. The average Bonchev–Trinajstić information content (AvgIpc) is 2.52. The molecule has 1 heterocycles. The summed E-state index contributed by atoms with van der Waals surface area (Å²) in [4.78, 5) is 8.48. The fraction of sp³-hybridized carbons (Fsp3) is 0.0588. The van der Waals surface area contributed by atoms with Crippen molar-refractivity contribution < 1.29 is 0 Å². The second-order valence-electron chi connectivity index (χ2n) is 4.91. The van der Waals surface area contributed by atoms with Crippen molar-refractivity contribution in [3.05, 3.63) is 71.0 Å². The molecule has 0 aliphatic heterocycles. The summed E-state index contributed by atoms with van der Waals surface area (Å²) in [5.41, 5.74) is 3.20. The molecule has 0 saturated heterocycles. The summed E-state index contributed by atoms with van der Waals surface area (Å²) >= 11 is 3.42. The molecule has 0 atom stereocenters. The van der Waals surface area contributed by atoms with Crippen LogP contribution in [0.2, 0.25) is 0 Å². The van der Waals surface area contributed by atoms with Crippen molar-refractivity contribution in [3.63, 3.8) is 0 Å². The maximum atomic E-state index is 4.24. The van der Waals surface area contributed by atoms with Gasteiger partial charge in [0.2, 0.25) is 0 Å². The fourth-order valence-corrected chi connectivity index (χ4v) is 2.22. The fourth-order valence-electron chi connectivity index (χ4n) is 1.96. The van der Waals surface area contributed by atoms with E-state index < -0.39 is 0 Å². The molecule has 2 N–H and O–H groups in total. The Hall–Kier alpha value is -2.40. The van der Waals surface area contributed by atoms with Crippen LogP contribution < -0.4 is 10.6 Å². The highest BCUT2D eigenvalue weighted by atomic mass is 79.9. The summed E-state index contributed by atoms with van der Waals surface area (Å²) in [6, 6.07) is 18.0. The van der Waals surface area contributed by atoms with Crippen LogP contribution >= 0.6 is 15.9 Å². The van der Waals surface area contributed by atoms with Crippen molar-refractivity contribution in [1.82, 2.24) is 9.97 Å². The standard InChI is InChI=1S/C17H15BrN4/c1-12-2-6-14(7-3-12)21-16-10-17(20-11-19-16)22-15-8-4-13(18)5-9-15/h2-11H,1H3,(H2,19,20,21,22). The maximum absolute atomic E-state index is 4.24. The Balaban J connectivity index is 1.74. The third-order valence-corrected chi connectivity index (χ3v) is 3.64. The minimum absolute atomic E-state index is 0.743. The van der Waals surface area contributed by atoms with Crippen LogP contribution in [0.1, 0.15) is 5.56 Å². The van der Waals surface area contributed by atoms with Gasteiger partial charge in [0.25, 0.3) is 0 Å². The highest BCUT2D eigenvalue weighted by molar-refractivity contribution is 9.10. The SMILES string of the molecule is Cc1ccc(Nc2cc(Nc3ccc(Br)cc3)ncn2)cc1. The number of anilines is 4. The first kappa shape index (κ1) is 14.5. The molecule has 0 unspecified atom stereocenters. The first-order chi connectivity index (χ1) is 10.7. The Kier molecular flexibility index (Phi) is 4.34. The van der Waals surface area contributed by atoms with Crippen molar-refractivity contribution in [1.29, 1.82) is 0 Å². The predicted octanol–water partition coefficient (Wildman–Crippen LogP) is 5.03.